The van der Waals surface area contributed by atoms with Gasteiger partial charge in [-0.05, 0) is 0 Å². The van der Waals surface area contributed by atoms with Crippen LogP contribution in [0.15, 0.2) is 12.7 Å². The molecule has 0 amide bonds. The summed E-state index contributed by atoms with van der Waals surface area (Å²) in [4.78, 5) is 9.25. The Morgan fingerprint density at radius 1 is 1.71 bits per heavy atom. The average Bonchev–Trinajstić information content (AvgIpc) is 1.73. The highest BCUT2D eigenvalue weighted by Gasteiger charge is 1.73. The Hall–Kier alpha value is -0.830. The molecule has 0 saturated heterocycles. The van der Waals surface area contributed by atoms with Crippen molar-refractivity contribution in [1.29, 1.82) is 0 Å². The second-order valence-electron chi connectivity index (χ2n) is 0.542. The van der Waals surface area contributed by atoms with Crippen molar-refractivity contribution < 1.29 is 15.0 Å². The van der Waals surface area contributed by atoms with Crippen LogP contribution < -0.4 is 0 Å². The van der Waals surface area contributed by atoms with E-state index in [0.29, 0.717) is 0 Å². The third-order valence-electron chi connectivity index (χ3n) is 0.175. The Morgan fingerprint density at radius 2 is 1.86 bits per heavy atom. The molecule has 2 N–H and O–H groups in total. The molecule has 0 fully saturated rings. The van der Waals surface area contributed by atoms with Crippen LogP contribution in [0.1, 0.15) is 0 Å². The first-order valence-electron chi connectivity index (χ1n) is 1.57. The number of carboxylic acids is 1. The average molecular weight is 104 g/mol. The lowest BCUT2D eigenvalue weighted by Gasteiger charge is -1.64. The fourth-order valence-electron chi connectivity index (χ4n) is 0. The van der Waals surface area contributed by atoms with Crippen molar-refractivity contribution in [3.63, 3.8) is 0 Å². The molecule has 0 aliphatic carbocycles. The fraction of sp³-hybridized carbons (Fsp3) is 0.250. The smallest absolute Gasteiger partial charge is 0.327 e. The molecule has 0 atom stereocenters. The zero-order chi connectivity index (χ0) is 6.28. The normalized spacial score (nSPS) is 5.43. The molecule has 0 bridgehead atoms. The van der Waals surface area contributed by atoms with Gasteiger partial charge in [0.1, 0.15) is 0 Å². The van der Waals surface area contributed by atoms with Crippen LogP contribution in [0.2, 0.25) is 0 Å². The first kappa shape index (κ1) is 9.48. The van der Waals surface area contributed by atoms with Crippen molar-refractivity contribution in [3.8, 4) is 0 Å². The Labute approximate surface area is 41.9 Å². The summed E-state index contributed by atoms with van der Waals surface area (Å²) in [5.41, 5.74) is 0. The summed E-state index contributed by atoms with van der Waals surface area (Å²) in [6, 6.07) is 0. The summed E-state index contributed by atoms with van der Waals surface area (Å²) < 4.78 is 0. The molecule has 7 heavy (non-hydrogen) atoms. The van der Waals surface area contributed by atoms with Crippen molar-refractivity contribution in [2.45, 2.75) is 0 Å². The summed E-state index contributed by atoms with van der Waals surface area (Å²) in [6.45, 7) is 2.96. The maximum absolute atomic E-state index is 9.25. The number of aliphatic carboxylic acids is 1. The van der Waals surface area contributed by atoms with Gasteiger partial charge in [-0.2, -0.15) is 0 Å². The second kappa shape index (κ2) is 8.95. The summed E-state index contributed by atoms with van der Waals surface area (Å²) in [5.74, 6) is -0.981. The molecule has 0 aromatic heterocycles. The molecule has 0 aromatic carbocycles. The number of hydrogen-bond acceptors (Lipinski definition) is 2. The highest BCUT2D eigenvalue weighted by Crippen LogP contribution is 1.54. The van der Waals surface area contributed by atoms with Gasteiger partial charge < -0.3 is 10.2 Å². The maximum Gasteiger partial charge on any atom is 0.327 e. The number of aliphatic hydroxyl groups excluding tert-OH is 1. The highest BCUT2D eigenvalue weighted by molar-refractivity contribution is 5.78. The van der Waals surface area contributed by atoms with E-state index in [4.69, 9.17) is 10.2 Å². The van der Waals surface area contributed by atoms with Gasteiger partial charge in [0.2, 0.25) is 0 Å². The van der Waals surface area contributed by atoms with Gasteiger partial charge in [-0.25, -0.2) is 4.79 Å². The minimum atomic E-state index is -0.981. The number of carboxylic acid groups (broad SMARTS) is 1. The van der Waals surface area contributed by atoms with Gasteiger partial charge in [0.15, 0.2) is 0 Å². The first-order chi connectivity index (χ1) is 3.27. The summed E-state index contributed by atoms with van der Waals surface area (Å²) in [7, 11) is 1.00. The van der Waals surface area contributed by atoms with E-state index in [1.807, 2.05) is 0 Å². The molecular formula is C4H8O3. The quantitative estimate of drug-likeness (QED) is 0.455. The van der Waals surface area contributed by atoms with Gasteiger partial charge in [-0.1, -0.05) is 6.58 Å². The van der Waals surface area contributed by atoms with Crippen molar-refractivity contribution in [2.75, 3.05) is 7.11 Å². The van der Waals surface area contributed by atoms with E-state index in [2.05, 4.69) is 6.58 Å². The van der Waals surface area contributed by atoms with Crippen molar-refractivity contribution in [1.82, 2.24) is 0 Å². The van der Waals surface area contributed by atoms with Crippen LogP contribution in [-0.2, 0) is 4.79 Å². The van der Waals surface area contributed by atoms with Gasteiger partial charge in [0, 0.05) is 13.2 Å². The van der Waals surface area contributed by atoms with Crippen LogP contribution >= 0.6 is 0 Å². The predicted molar refractivity (Wildman–Crippen MR) is 26.0 cm³/mol. The largest absolute Gasteiger partial charge is 0.478 e. The molecule has 0 aliphatic rings. The molecule has 42 valence electrons. The van der Waals surface area contributed by atoms with Crippen molar-refractivity contribution in [3.05, 3.63) is 12.7 Å². The molecule has 0 spiro atoms. The molecule has 0 radical (unpaired) electrons. The van der Waals surface area contributed by atoms with E-state index in [9.17, 15) is 4.79 Å². The Morgan fingerprint density at radius 3 is 1.86 bits per heavy atom. The molecule has 0 aromatic rings. The Bertz CT molecular complexity index is 58.0. The molecule has 0 heterocycles. The lowest BCUT2D eigenvalue weighted by atomic mass is 10.7. The molecule has 3 heteroatoms. The summed E-state index contributed by atoms with van der Waals surface area (Å²) in [6.07, 6.45) is 0.833. The predicted octanol–water partition coefficient (Wildman–Crippen LogP) is -0.135. The molecule has 0 rings (SSSR count). The molecule has 0 aliphatic heterocycles. The van der Waals surface area contributed by atoms with Crippen LogP contribution in [0.25, 0.3) is 0 Å². The SMILES string of the molecule is C=CC(=O)O.CO. The molecular weight excluding hydrogens is 96.0 g/mol. The molecule has 0 saturated carbocycles. The minimum absolute atomic E-state index is 0.833. The lowest BCUT2D eigenvalue weighted by molar-refractivity contribution is -0.131. The van der Waals surface area contributed by atoms with E-state index in [-0.39, 0.29) is 0 Å². The number of hydrogen-bond donors (Lipinski definition) is 2. The standard InChI is InChI=1S/C3H4O2.CH4O/c1-2-3(4)5;1-2/h2H,1H2,(H,4,5);2H,1H3. The Balaban J connectivity index is 0. The summed E-state index contributed by atoms with van der Waals surface area (Å²) >= 11 is 0. The summed E-state index contributed by atoms with van der Waals surface area (Å²) in [5, 5.41) is 14.6. The van der Waals surface area contributed by atoms with Crippen LogP contribution in [0.5, 0.6) is 0 Å². The van der Waals surface area contributed by atoms with Gasteiger partial charge in [-0.15, -0.1) is 0 Å². The molecule has 3 nitrogen and oxygen atoms in total. The van der Waals surface area contributed by atoms with E-state index in [1.165, 1.54) is 0 Å². The minimum Gasteiger partial charge on any atom is -0.478 e. The Kier molecular flexibility index (Phi) is 12.1. The van der Waals surface area contributed by atoms with Crippen molar-refractivity contribution in [2.24, 2.45) is 0 Å². The maximum atomic E-state index is 9.25. The van der Waals surface area contributed by atoms with E-state index in [0.717, 1.165) is 13.2 Å². The van der Waals surface area contributed by atoms with Crippen LogP contribution in [0, 0.1) is 0 Å². The second-order valence-corrected chi connectivity index (χ2v) is 0.542. The van der Waals surface area contributed by atoms with Gasteiger partial charge >= 0.3 is 5.97 Å². The van der Waals surface area contributed by atoms with Gasteiger partial charge in [-0.3, -0.25) is 0 Å². The van der Waals surface area contributed by atoms with E-state index >= 15 is 0 Å². The monoisotopic (exact) mass is 104 g/mol. The zero-order valence-electron chi connectivity index (χ0n) is 4.09. The fourth-order valence-corrected chi connectivity index (χ4v) is 0. The zero-order valence-corrected chi connectivity index (χ0v) is 4.09. The van der Waals surface area contributed by atoms with E-state index < -0.39 is 5.97 Å². The van der Waals surface area contributed by atoms with Gasteiger partial charge in [0.05, 0.1) is 0 Å². The number of carbonyl (C=O) groups is 1. The highest BCUT2D eigenvalue weighted by atomic mass is 16.4. The van der Waals surface area contributed by atoms with Crippen LogP contribution in [0.3, 0.4) is 0 Å². The van der Waals surface area contributed by atoms with Crippen molar-refractivity contribution >= 4 is 5.97 Å². The first-order valence-corrected chi connectivity index (χ1v) is 1.57. The third-order valence-corrected chi connectivity index (χ3v) is 0.175. The number of aliphatic hydroxyl groups is 1. The van der Waals surface area contributed by atoms with Gasteiger partial charge in [0.25, 0.3) is 0 Å². The third kappa shape index (κ3) is 38.0. The number of rotatable bonds is 1. The van der Waals surface area contributed by atoms with Crippen LogP contribution in [0.4, 0.5) is 0 Å². The van der Waals surface area contributed by atoms with Crippen LogP contribution in [-0.4, -0.2) is 23.3 Å². The van der Waals surface area contributed by atoms with E-state index in [1.54, 1.807) is 0 Å². The molecule has 0 unspecified atom stereocenters. The lowest BCUT2D eigenvalue weighted by Crippen LogP contribution is -1.82. The topological polar surface area (TPSA) is 57.5 Å².